The average molecular weight is 322 g/mol. The summed E-state index contributed by atoms with van der Waals surface area (Å²) in [6.45, 7) is 3.97. The number of aryl methyl sites for hydroxylation is 1. The molecule has 23 heavy (non-hydrogen) atoms. The lowest BCUT2D eigenvalue weighted by Gasteiger charge is -2.06. The van der Waals surface area contributed by atoms with Crippen molar-refractivity contribution in [2.45, 2.75) is 13.8 Å². The molecule has 0 aliphatic carbocycles. The minimum atomic E-state index is -0.314. The first kappa shape index (κ1) is 13.9. The van der Waals surface area contributed by atoms with E-state index in [0.29, 0.717) is 16.3 Å². The number of thiazole rings is 1. The second kappa shape index (κ2) is 4.89. The third kappa shape index (κ3) is 2.10. The average Bonchev–Trinajstić information content (AvgIpc) is 3.08. The van der Waals surface area contributed by atoms with Crippen LogP contribution in [0.15, 0.2) is 39.6 Å². The monoisotopic (exact) mass is 322 g/mol. The van der Waals surface area contributed by atoms with E-state index in [1.165, 1.54) is 11.3 Å². The van der Waals surface area contributed by atoms with Gasteiger partial charge in [0.15, 0.2) is 4.96 Å². The topological polar surface area (TPSA) is 72.8 Å². The molecule has 3 heterocycles. The van der Waals surface area contributed by atoms with Crippen LogP contribution in [0, 0.1) is 6.92 Å². The van der Waals surface area contributed by atoms with Gasteiger partial charge in [-0.15, -0.1) is 11.3 Å². The van der Waals surface area contributed by atoms with Gasteiger partial charge >= 0.3 is 0 Å². The third-order valence-corrected chi connectivity index (χ3v) is 4.72. The second-order valence-corrected chi connectivity index (χ2v) is 6.42. The van der Waals surface area contributed by atoms with Gasteiger partial charge in [0, 0.05) is 28.4 Å². The Morgan fingerprint density at radius 1 is 1.30 bits per heavy atom. The van der Waals surface area contributed by atoms with Crippen molar-refractivity contribution in [1.82, 2.24) is 9.38 Å². The van der Waals surface area contributed by atoms with Crippen LogP contribution in [0.1, 0.15) is 23.6 Å². The van der Waals surface area contributed by atoms with Crippen molar-refractivity contribution < 1.29 is 0 Å². The minimum absolute atomic E-state index is 0.314. The first-order chi connectivity index (χ1) is 11.0. The van der Waals surface area contributed by atoms with Crippen molar-refractivity contribution in [3.8, 4) is 0 Å². The Kier molecular flexibility index (Phi) is 2.96. The Hall–Kier alpha value is -2.73. The first-order valence-electron chi connectivity index (χ1n) is 7.18. The van der Waals surface area contributed by atoms with Crippen molar-refractivity contribution in [3.05, 3.63) is 56.8 Å². The molecule has 0 fully saturated rings. The van der Waals surface area contributed by atoms with Gasteiger partial charge in [-0.25, -0.2) is 0 Å². The number of nitrogens with two attached hydrogens (primary N) is 1. The molecule has 1 aromatic carbocycles. The molecule has 1 aliphatic rings. The second-order valence-electron chi connectivity index (χ2n) is 5.55. The highest BCUT2D eigenvalue weighted by Crippen LogP contribution is 2.36. The Bertz CT molecular complexity index is 1070. The van der Waals surface area contributed by atoms with Crippen LogP contribution < -0.4 is 11.3 Å². The molecule has 2 N–H and O–H groups in total. The Labute approximate surface area is 136 Å². The summed E-state index contributed by atoms with van der Waals surface area (Å²) < 4.78 is 1.73. The number of anilines is 1. The number of hydrogen-bond donors (Lipinski definition) is 1. The summed E-state index contributed by atoms with van der Waals surface area (Å²) in [4.78, 5) is 21.6. The number of nitrogens with zero attached hydrogens (tertiary/aromatic N) is 3. The number of rotatable bonds is 1. The molecule has 4 rings (SSSR count). The van der Waals surface area contributed by atoms with E-state index in [0.717, 1.165) is 28.1 Å². The SMILES string of the molecule is CC1=Nc2ccc(C)cc2/C1=C\c1c(N)n2ccsc2nc1=O. The van der Waals surface area contributed by atoms with Crippen molar-refractivity contribution in [1.29, 1.82) is 0 Å². The minimum Gasteiger partial charge on any atom is -0.384 e. The van der Waals surface area contributed by atoms with Gasteiger partial charge in [0.05, 0.1) is 11.3 Å². The zero-order chi connectivity index (χ0) is 16.1. The highest BCUT2D eigenvalue weighted by molar-refractivity contribution is 7.15. The summed E-state index contributed by atoms with van der Waals surface area (Å²) >= 11 is 1.39. The summed E-state index contributed by atoms with van der Waals surface area (Å²) in [6, 6.07) is 6.10. The number of aromatic nitrogens is 2. The Morgan fingerprint density at radius 3 is 2.96 bits per heavy atom. The van der Waals surface area contributed by atoms with E-state index < -0.39 is 0 Å². The molecule has 0 bridgehead atoms. The predicted molar refractivity (Wildman–Crippen MR) is 95.6 cm³/mol. The van der Waals surface area contributed by atoms with Gasteiger partial charge in [0.2, 0.25) is 0 Å². The van der Waals surface area contributed by atoms with Gasteiger partial charge in [-0.2, -0.15) is 4.98 Å². The van der Waals surface area contributed by atoms with Crippen molar-refractivity contribution in [2.24, 2.45) is 4.99 Å². The molecule has 0 spiro atoms. The predicted octanol–water partition coefficient (Wildman–Crippen LogP) is 3.29. The van der Waals surface area contributed by atoms with E-state index in [9.17, 15) is 4.79 Å². The molecule has 5 nitrogen and oxygen atoms in total. The molecule has 0 atom stereocenters. The summed E-state index contributed by atoms with van der Waals surface area (Å²) in [5, 5.41) is 1.86. The van der Waals surface area contributed by atoms with Crippen LogP contribution in [0.4, 0.5) is 11.5 Å². The van der Waals surface area contributed by atoms with Crippen LogP contribution in [0.2, 0.25) is 0 Å². The maximum absolute atomic E-state index is 12.3. The number of allylic oxidation sites excluding steroid dienone is 1. The molecule has 0 saturated heterocycles. The van der Waals surface area contributed by atoms with Gasteiger partial charge in [-0.05, 0) is 32.1 Å². The van der Waals surface area contributed by atoms with Gasteiger partial charge in [0.1, 0.15) is 5.82 Å². The van der Waals surface area contributed by atoms with E-state index >= 15 is 0 Å². The zero-order valence-electron chi connectivity index (χ0n) is 12.7. The standard InChI is InChI=1S/C17H14N4OS/c1-9-3-4-14-12(7-9)11(10(2)19-14)8-13-15(18)21-5-6-23-17(21)20-16(13)22/h3-8H,18H2,1-2H3/b11-8-. The highest BCUT2D eigenvalue weighted by Gasteiger charge is 2.19. The molecule has 0 unspecified atom stereocenters. The van der Waals surface area contributed by atoms with Crippen LogP contribution in [0.25, 0.3) is 16.6 Å². The summed E-state index contributed by atoms with van der Waals surface area (Å²) in [5.74, 6) is 0.405. The van der Waals surface area contributed by atoms with Crippen LogP contribution in [0.5, 0.6) is 0 Å². The molecule has 1 aliphatic heterocycles. The lowest BCUT2D eigenvalue weighted by atomic mass is 9.99. The van der Waals surface area contributed by atoms with Gasteiger partial charge in [-0.1, -0.05) is 11.6 Å². The van der Waals surface area contributed by atoms with Crippen LogP contribution in [-0.2, 0) is 0 Å². The normalized spacial score (nSPS) is 15.2. The Morgan fingerprint density at radius 2 is 2.13 bits per heavy atom. The number of hydrogen-bond acceptors (Lipinski definition) is 5. The summed E-state index contributed by atoms with van der Waals surface area (Å²) in [6.07, 6.45) is 3.62. The van der Waals surface area contributed by atoms with Gasteiger partial charge in [0.25, 0.3) is 5.56 Å². The smallest absolute Gasteiger partial charge is 0.283 e. The van der Waals surface area contributed by atoms with Crippen molar-refractivity contribution >= 4 is 45.2 Å². The fourth-order valence-electron chi connectivity index (χ4n) is 2.78. The van der Waals surface area contributed by atoms with Crippen LogP contribution in [0.3, 0.4) is 0 Å². The number of nitrogen functional groups attached to an aromatic ring is 1. The third-order valence-electron chi connectivity index (χ3n) is 3.96. The van der Waals surface area contributed by atoms with E-state index in [1.807, 2.05) is 37.6 Å². The molecule has 0 radical (unpaired) electrons. The molecule has 2 aromatic heterocycles. The fraction of sp³-hybridized carbons (Fsp3) is 0.118. The van der Waals surface area contributed by atoms with Crippen molar-refractivity contribution in [2.75, 3.05) is 5.73 Å². The lowest BCUT2D eigenvalue weighted by Crippen LogP contribution is -2.16. The maximum Gasteiger partial charge on any atom is 0.283 e. The quantitative estimate of drug-likeness (QED) is 0.747. The lowest BCUT2D eigenvalue weighted by molar-refractivity contribution is 1.11. The number of benzene rings is 1. The van der Waals surface area contributed by atoms with E-state index in [2.05, 4.69) is 16.0 Å². The highest BCUT2D eigenvalue weighted by atomic mass is 32.1. The molecular weight excluding hydrogens is 308 g/mol. The largest absolute Gasteiger partial charge is 0.384 e. The molecule has 6 heteroatoms. The molecule has 3 aromatic rings. The maximum atomic E-state index is 12.3. The van der Waals surface area contributed by atoms with E-state index in [1.54, 1.807) is 10.5 Å². The molecule has 0 amide bonds. The van der Waals surface area contributed by atoms with Crippen LogP contribution >= 0.6 is 11.3 Å². The van der Waals surface area contributed by atoms with Crippen molar-refractivity contribution in [3.63, 3.8) is 0 Å². The van der Waals surface area contributed by atoms with E-state index in [-0.39, 0.29) is 5.56 Å². The fourth-order valence-corrected chi connectivity index (χ4v) is 3.50. The summed E-state index contributed by atoms with van der Waals surface area (Å²) in [7, 11) is 0. The van der Waals surface area contributed by atoms with E-state index in [4.69, 9.17) is 5.73 Å². The number of fused-ring (bicyclic) bond motifs is 2. The molecule has 114 valence electrons. The molecular formula is C17H14N4OS. The number of aliphatic imine (C=N–C) groups is 1. The van der Waals surface area contributed by atoms with Gasteiger partial charge in [-0.3, -0.25) is 14.2 Å². The first-order valence-corrected chi connectivity index (χ1v) is 8.06. The van der Waals surface area contributed by atoms with Crippen LogP contribution in [-0.4, -0.2) is 15.1 Å². The molecule has 0 saturated carbocycles. The van der Waals surface area contributed by atoms with Gasteiger partial charge < -0.3 is 5.73 Å². The Balaban J connectivity index is 1.97. The zero-order valence-corrected chi connectivity index (χ0v) is 13.5. The summed E-state index contributed by atoms with van der Waals surface area (Å²) in [5.41, 5.74) is 11.2.